The Kier molecular flexibility index (Phi) is 6.50. The average molecular weight is 399 g/mol. The van der Waals surface area contributed by atoms with Crippen LogP contribution >= 0.6 is 0 Å². The minimum Gasteiger partial charge on any atom is -0.481 e. The highest BCUT2D eigenvalue weighted by Gasteiger charge is 2.31. The molecule has 10 nitrogen and oxygen atoms in total. The molecule has 2 atom stereocenters. The summed E-state index contributed by atoms with van der Waals surface area (Å²) in [5.41, 5.74) is -0.226. The molecule has 0 bridgehead atoms. The lowest BCUT2D eigenvalue weighted by Crippen LogP contribution is -2.46. The maximum atomic E-state index is 12.3. The van der Waals surface area contributed by atoms with Gasteiger partial charge in [-0.25, -0.2) is 13.1 Å². The molecule has 1 saturated heterocycles. The Morgan fingerprint density at radius 2 is 1.93 bits per heavy atom. The van der Waals surface area contributed by atoms with Gasteiger partial charge < -0.3 is 10.0 Å². The number of nitrogens with zero attached hydrogens (tertiary/aromatic N) is 2. The minimum absolute atomic E-state index is 0.0561. The molecule has 2 unspecified atom stereocenters. The molecule has 1 aromatic rings. The molecule has 1 aliphatic heterocycles. The lowest BCUT2D eigenvalue weighted by molar-refractivity contribution is -0.384. The van der Waals surface area contributed by atoms with Crippen molar-refractivity contribution in [2.24, 2.45) is 11.8 Å². The van der Waals surface area contributed by atoms with Crippen LogP contribution in [-0.2, 0) is 19.6 Å². The molecule has 1 aliphatic rings. The molecule has 0 aromatic heterocycles. The number of carbonyl (C=O) groups excluding carboxylic acids is 1. The molecular weight excluding hydrogens is 378 g/mol. The van der Waals surface area contributed by atoms with Gasteiger partial charge in [0.15, 0.2) is 0 Å². The van der Waals surface area contributed by atoms with Gasteiger partial charge >= 0.3 is 5.97 Å². The number of rotatable bonds is 7. The molecular formula is C16H21N3O7S. The Balaban J connectivity index is 1.91. The van der Waals surface area contributed by atoms with Crippen LogP contribution in [0.5, 0.6) is 0 Å². The van der Waals surface area contributed by atoms with Crippen LogP contribution in [0.4, 0.5) is 5.69 Å². The summed E-state index contributed by atoms with van der Waals surface area (Å²) in [5.74, 6) is -1.83. The number of sulfonamides is 1. The molecule has 148 valence electrons. The van der Waals surface area contributed by atoms with Crippen molar-refractivity contribution in [3.63, 3.8) is 0 Å². The summed E-state index contributed by atoms with van der Waals surface area (Å²) in [6, 6.07) is 4.40. The maximum absolute atomic E-state index is 12.3. The second-order valence-electron chi connectivity index (χ2n) is 6.57. The number of non-ortho nitro benzene ring substituents is 1. The first kappa shape index (κ1) is 20.8. The van der Waals surface area contributed by atoms with Gasteiger partial charge in [-0.15, -0.1) is 0 Å². The summed E-state index contributed by atoms with van der Waals surface area (Å²) < 4.78 is 26.6. The lowest BCUT2D eigenvalue weighted by atomic mass is 9.90. The van der Waals surface area contributed by atoms with E-state index in [-0.39, 0.29) is 41.9 Å². The molecule has 0 radical (unpaired) electrons. The number of nitrogens with one attached hydrogen (secondary N) is 1. The van der Waals surface area contributed by atoms with Crippen LogP contribution in [0.1, 0.15) is 19.8 Å². The van der Waals surface area contributed by atoms with Crippen molar-refractivity contribution in [2.45, 2.75) is 24.7 Å². The number of carboxylic acid groups (broad SMARTS) is 1. The Bertz CT molecular complexity index is 823. The van der Waals surface area contributed by atoms with E-state index in [1.54, 1.807) is 0 Å². The number of carbonyl (C=O) groups is 2. The molecule has 1 amide bonds. The average Bonchev–Trinajstić information content (AvgIpc) is 2.61. The number of hydrogen-bond acceptors (Lipinski definition) is 6. The monoisotopic (exact) mass is 399 g/mol. The number of hydrogen-bond donors (Lipinski definition) is 2. The molecule has 1 fully saturated rings. The van der Waals surface area contributed by atoms with E-state index in [1.807, 2.05) is 6.92 Å². The largest absolute Gasteiger partial charge is 0.481 e. The molecule has 0 aliphatic carbocycles. The highest BCUT2D eigenvalue weighted by Crippen LogP contribution is 2.22. The summed E-state index contributed by atoms with van der Waals surface area (Å²) in [4.78, 5) is 34.7. The number of benzene rings is 1. The van der Waals surface area contributed by atoms with Crippen molar-refractivity contribution < 1.29 is 28.0 Å². The van der Waals surface area contributed by atoms with Crippen LogP contribution in [0.3, 0.4) is 0 Å². The zero-order valence-corrected chi connectivity index (χ0v) is 15.5. The second-order valence-corrected chi connectivity index (χ2v) is 8.34. The fraction of sp³-hybridized carbons (Fsp3) is 0.500. The van der Waals surface area contributed by atoms with Crippen LogP contribution in [0, 0.1) is 22.0 Å². The van der Waals surface area contributed by atoms with E-state index in [0.717, 1.165) is 24.3 Å². The first-order valence-corrected chi connectivity index (χ1v) is 9.83. The molecule has 2 N–H and O–H groups in total. The Hall–Kier alpha value is -2.53. The summed E-state index contributed by atoms with van der Waals surface area (Å²) in [7, 11) is -3.90. The van der Waals surface area contributed by atoms with Gasteiger partial charge in [0, 0.05) is 38.2 Å². The van der Waals surface area contributed by atoms with Crippen LogP contribution in [0.25, 0.3) is 0 Å². The van der Waals surface area contributed by atoms with Gasteiger partial charge in [0.25, 0.3) is 5.69 Å². The predicted molar refractivity (Wildman–Crippen MR) is 94.4 cm³/mol. The Morgan fingerprint density at radius 1 is 1.30 bits per heavy atom. The van der Waals surface area contributed by atoms with Crippen molar-refractivity contribution >= 4 is 27.6 Å². The minimum atomic E-state index is -3.90. The molecule has 27 heavy (non-hydrogen) atoms. The van der Waals surface area contributed by atoms with E-state index in [4.69, 9.17) is 5.11 Å². The van der Waals surface area contributed by atoms with Gasteiger partial charge in [-0.2, -0.15) is 0 Å². The number of aliphatic carboxylic acids is 1. The third-order valence-electron chi connectivity index (χ3n) is 4.35. The van der Waals surface area contributed by atoms with E-state index in [2.05, 4.69) is 4.72 Å². The molecule has 0 spiro atoms. The van der Waals surface area contributed by atoms with E-state index in [0.29, 0.717) is 13.0 Å². The van der Waals surface area contributed by atoms with Crippen molar-refractivity contribution in [3.05, 3.63) is 34.4 Å². The number of amides is 1. The van der Waals surface area contributed by atoms with Crippen LogP contribution in [-0.4, -0.2) is 54.9 Å². The van der Waals surface area contributed by atoms with Gasteiger partial charge in [0.05, 0.1) is 15.7 Å². The Labute approximate surface area is 156 Å². The maximum Gasteiger partial charge on any atom is 0.308 e. The number of nitro benzene ring substituents is 1. The molecule has 11 heteroatoms. The number of piperidine rings is 1. The SMILES string of the molecule is CC1CC(C(=O)O)CN(C(=O)CCNS(=O)(=O)c2ccc([N+](=O)[O-])cc2)C1. The molecule has 0 saturated carbocycles. The van der Waals surface area contributed by atoms with Crippen LogP contribution in [0.2, 0.25) is 0 Å². The zero-order chi connectivity index (χ0) is 20.2. The Morgan fingerprint density at radius 3 is 2.48 bits per heavy atom. The quantitative estimate of drug-likeness (QED) is 0.510. The molecule has 1 heterocycles. The third-order valence-corrected chi connectivity index (χ3v) is 5.83. The van der Waals surface area contributed by atoms with E-state index < -0.39 is 26.8 Å². The van der Waals surface area contributed by atoms with Gasteiger partial charge in [-0.1, -0.05) is 6.92 Å². The topological polar surface area (TPSA) is 147 Å². The smallest absolute Gasteiger partial charge is 0.308 e. The highest BCUT2D eigenvalue weighted by molar-refractivity contribution is 7.89. The highest BCUT2D eigenvalue weighted by atomic mass is 32.2. The zero-order valence-electron chi connectivity index (χ0n) is 14.7. The third kappa shape index (κ3) is 5.47. The summed E-state index contributed by atoms with van der Waals surface area (Å²) in [6.07, 6.45) is 0.400. The van der Waals surface area contributed by atoms with Gasteiger partial charge in [0.1, 0.15) is 0 Å². The number of likely N-dealkylation sites (tertiary alicyclic amines) is 1. The molecule has 2 rings (SSSR count). The summed E-state index contributed by atoms with van der Waals surface area (Å²) in [6.45, 7) is 2.28. The van der Waals surface area contributed by atoms with Gasteiger partial charge in [0.2, 0.25) is 15.9 Å². The fourth-order valence-corrected chi connectivity index (χ4v) is 4.05. The lowest BCUT2D eigenvalue weighted by Gasteiger charge is -2.34. The van der Waals surface area contributed by atoms with Gasteiger partial charge in [-0.05, 0) is 24.5 Å². The predicted octanol–water partition coefficient (Wildman–Crippen LogP) is 0.832. The van der Waals surface area contributed by atoms with Gasteiger partial charge in [-0.3, -0.25) is 19.7 Å². The van der Waals surface area contributed by atoms with E-state index >= 15 is 0 Å². The summed E-state index contributed by atoms with van der Waals surface area (Å²) in [5, 5.41) is 19.8. The van der Waals surface area contributed by atoms with E-state index in [1.165, 1.54) is 4.90 Å². The normalized spacial score (nSPS) is 20.3. The second kappa shape index (κ2) is 8.44. The first-order valence-electron chi connectivity index (χ1n) is 8.35. The van der Waals surface area contributed by atoms with Crippen LogP contribution in [0.15, 0.2) is 29.2 Å². The van der Waals surface area contributed by atoms with Crippen molar-refractivity contribution in [3.8, 4) is 0 Å². The van der Waals surface area contributed by atoms with Crippen molar-refractivity contribution in [1.82, 2.24) is 9.62 Å². The van der Waals surface area contributed by atoms with E-state index in [9.17, 15) is 28.1 Å². The standard InChI is InChI=1S/C16H21N3O7S/c1-11-8-12(16(21)22)10-18(9-11)15(20)6-7-17-27(25,26)14-4-2-13(3-5-14)19(23)24/h2-5,11-12,17H,6-10H2,1H3,(H,21,22). The molecule has 1 aromatic carbocycles. The fourth-order valence-electron chi connectivity index (χ4n) is 3.01. The number of nitro groups is 1. The van der Waals surface area contributed by atoms with Crippen LogP contribution < -0.4 is 4.72 Å². The number of carboxylic acids is 1. The van der Waals surface area contributed by atoms with Crippen molar-refractivity contribution in [2.75, 3.05) is 19.6 Å². The summed E-state index contributed by atoms with van der Waals surface area (Å²) >= 11 is 0. The first-order chi connectivity index (χ1) is 12.6. The van der Waals surface area contributed by atoms with Crippen molar-refractivity contribution in [1.29, 1.82) is 0 Å².